The van der Waals surface area contributed by atoms with Crippen molar-refractivity contribution >= 4 is 41.8 Å². The van der Waals surface area contributed by atoms with Crippen LogP contribution in [-0.2, 0) is 71.5 Å². The molecule has 2 N–H and O–H groups in total. The Morgan fingerprint density at radius 2 is 0.930 bits per heavy atom. The Hall–Kier alpha value is -3.93. The second-order valence-corrected chi connectivity index (χ2v) is 19.3. The number of hydrogen-bond acceptors (Lipinski definition) is 16. The van der Waals surface area contributed by atoms with E-state index in [1.54, 1.807) is 13.8 Å². The molecule has 71 heavy (non-hydrogen) atoms. The van der Waals surface area contributed by atoms with Gasteiger partial charge in [0, 0.05) is 18.8 Å². The van der Waals surface area contributed by atoms with E-state index < -0.39 is 71.3 Å². The number of carboxylic acid groups (broad SMARTS) is 1. The lowest BCUT2D eigenvalue weighted by Gasteiger charge is -2.38. The molecule has 0 radical (unpaired) electrons. The molecule has 4 aliphatic heterocycles. The minimum Gasteiger partial charge on any atom is -0.513 e. The number of allylic oxidation sites excluding steroid dienone is 1. The molecule has 414 valence electrons. The molecule has 4 heterocycles. The molecule has 8 fully saturated rings. The van der Waals surface area contributed by atoms with Crippen LogP contribution in [0.25, 0.3) is 0 Å². The van der Waals surface area contributed by atoms with E-state index in [0.29, 0.717) is 45.7 Å². The lowest BCUT2D eigenvalue weighted by molar-refractivity contribution is -0.189. The van der Waals surface area contributed by atoms with Crippen molar-refractivity contribution in [2.24, 2.45) is 94.7 Å². The van der Waals surface area contributed by atoms with Crippen LogP contribution >= 0.6 is 0 Å². The van der Waals surface area contributed by atoms with Gasteiger partial charge in [0.15, 0.2) is 12.6 Å². The number of carbonyl (C=O) groups excluding carboxylic acids is 6. The Morgan fingerprint density at radius 3 is 1.27 bits per heavy atom. The number of ether oxygens (including phenoxy) is 8. The van der Waals surface area contributed by atoms with Crippen LogP contribution in [0.15, 0.2) is 12.3 Å². The lowest BCUT2D eigenvalue weighted by Crippen LogP contribution is -2.40. The summed E-state index contributed by atoms with van der Waals surface area (Å²) in [5, 5.41) is 19.5. The maximum atomic E-state index is 13.3. The highest BCUT2D eigenvalue weighted by Gasteiger charge is 2.59. The monoisotopic (exact) mass is 1020 g/mol. The van der Waals surface area contributed by atoms with Gasteiger partial charge < -0.3 is 48.1 Å². The number of carbonyl (C=O) groups is 7. The second kappa shape index (κ2) is 29.7. The molecule has 4 bridgehead atoms. The summed E-state index contributed by atoms with van der Waals surface area (Å²) in [5.74, 6) is -6.75. The van der Waals surface area contributed by atoms with Crippen molar-refractivity contribution in [2.45, 2.75) is 157 Å². The van der Waals surface area contributed by atoms with Crippen LogP contribution in [0, 0.1) is 94.7 Å². The third-order valence-electron chi connectivity index (χ3n) is 16.0. The van der Waals surface area contributed by atoms with Gasteiger partial charge in [-0.2, -0.15) is 0 Å². The number of rotatable bonds is 16. The van der Waals surface area contributed by atoms with Gasteiger partial charge in [-0.05, 0) is 92.3 Å². The molecular weight excluding hydrogens is 921 g/mol. The van der Waals surface area contributed by atoms with Gasteiger partial charge in [-0.25, -0.2) is 0 Å². The normalized spacial score (nSPS) is 33.9. The first-order valence-electron chi connectivity index (χ1n) is 23.0. The fourth-order valence-corrected chi connectivity index (χ4v) is 12.7. The molecule has 0 amide bonds. The zero-order chi connectivity index (χ0) is 45.3. The predicted octanol–water partition coefficient (Wildman–Crippen LogP) is 9.72. The third kappa shape index (κ3) is 14.9. The first kappa shape index (κ1) is 69.1. The molecule has 4 saturated heterocycles. The van der Waals surface area contributed by atoms with E-state index in [2.05, 4.69) is 13.5 Å². The van der Waals surface area contributed by atoms with Gasteiger partial charge in [-0.3, -0.25) is 33.6 Å². The Morgan fingerprint density at radius 1 is 0.563 bits per heavy atom. The van der Waals surface area contributed by atoms with Gasteiger partial charge >= 0.3 is 41.8 Å². The molecule has 16 atom stereocenters. The summed E-state index contributed by atoms with van der Waals surface area (Å²) < 4.78 is 42.6. The molecular formula is C54H96O17. The molecule has 0 spiro atoms. The second-order valence-electron chi connectivity index (χ2n) is 19.3. The maximum absolute atomic E-state index is 13.3. The highest BCUT2D eigenvalue weighted by molar-refractivity contribution is 5.97. The standard InChI is InChI=1S/C24H34O8.C22H30O9.8CH4/c1-12-16-9-15(10-18(16)14(3)25)21(12)19(11-17-13(2)22(26)32-24(17)28)23(27)31-8-5-20-29-6-4-7-30-20;1-10-13-7-12(8-15(13)19(23)24)18(10)16(9-14-11(2)20(25)31-22(14)27)21(26)30-4-3-17-28-5-6-29-17;;;;;;;;/h12-13,15-21,25H,3-11H2,1-2H3;10-18H,3-9H2,1-2H3,(H,23,24);8*1H4. The molecule has 16 unspecified atom stereocenters. The Kier molecular flexibility index (Phi) is 28.9. The molecule has 17 nitrogen and oxygen atoms in total. The van der Waals surface area contributed by atoms with Crippen molar-refractivity contribution in [3.8, 4) is 0 Å². The van der Waals surface area contributed by atoms with Gasteiger partial charge in [0.25, 0.3) is 0 Å². The van der Waals surface area contributed by atoms with E-state index in [1.807, 2.05) is 6.92 Å². The Balaban J connectivity index is 0. The van der Waals surface area contributed by atoms with Crippen molar-refractivity contribution in [3.05, 3.63) is 12.3 Å². The highest BCUT2D eigenvalue weighted by Crippen LogP contribution is 2.60. The number of hydrogen-bond donors (Lipinski definition) is 2. The van der Waals surface area contributed by atoms with E-state index in [4.69, 9.17) is 37.9 Å². The molecule has 4 aliphatic carbocycles. The lowest BCUT2D eigenvalue weighted by atomic mass is 9.67. The summed E-state index contributed by atoms with van der Waals surface area (Å²) in [6, 6.07) is 0. The molecule has 0 aromatic rings. The number of fused-ring (bicyclic) bond motifs is 4. The van der Waals surface area contributed by atoms with Crippen LogP contribution in [0.1, 0.15) is 145 Å². The predicted molar refractivity (Wildman–Crippen MR) is 269 cm³/mol. The van der Waals surface area contributed by atoms with E-state index in [9.17, 15) is 43.8 Å². The van der Waals surface area contributed by atoms with Crippen LogP contribution in [0.4, 0.5) is 0 Å². The maximum Gasteiger partial charge on any atom is 0.317 e. The van der Waals surface area contributed by atoms with Crippen LogP contribution in [0.5, 0.6) is 0 Å². The van der Waals surface area contributed by atoms with Crippen LogP contribution in [-0.4, -0.2) is 104 Å². The van der Waals surface area contributed by atoms with E-state index >= 15 is 0 Å². The number of carboxylic acids is 1. The SMILES string of the molecule is C.C.C.C.C.C.C.C.C=C(O)C1CC2CC1C(C)C2C(CC1C(=O)OC(=O)C1C)C(=O)OCCC1OCCCO1.CC1C(=O)OC(=O)C1CC(C(=O)OCCC1OCCO1)C1C2CC(C(=O)O)C(C2)C1C. The molecule has 8 aliphatic rings. The topological polar surface area (TPSA) is 234 Å². The van der Waals surface area contributed by atoms with Gasteiger partial charge in [-0.1, -0.05) is 93.7 Å². The quantitative estimate of drug-likeness (QED) is 0.0633. The largest absolute Gasteiger partial charge is 0.513 e. The summed E-state index contributed by atoms with van der Waals surface area (Å²) in [5.41, 5.74) is 0. The number of aliphatic carboxylic acids is 1. The van der Waals surface area contributed by atoms with Gasteiger partial charge in [0.1, 0.15) is 0 Å². The zero-order valence-corrected chi connectivity index (χ0v) is 36.7. The summed E-state index contributed by atoms with van der Waals surface area (Å²) >= 11 is 0. The summed E-state index contributed by atoms with van der Waals surface area (Å²) in [6.45, 7) is 13.8. The van der Waals surface area contributed by atoms with Crippen molar-refractivity contribution < 1.29 is 81.7 Å². The fourth-order valence-electron chi connectivity index (χ4n) is 12.7. The van der Waals surface area contributed by atoms with Crippen molar-refractivity contribution in [1.29, 1.82) is 0 Å². The number of cyclic esters (lactones) is 4. The summed E-state index contributed by atoms with van der Waals surface area (Å²) in [6.07, 6.45) is 4.41. The van der Waals surface area contributed by atoms with Crippen molar-refractivity contribution in [3.63, 3.8) is 0 Å². The van der Waals surface area contributed by atoms with Crippen molar-refractivity contribution in [1.82, 2.24) is 0 Å². The Labute approximate surface area is 426 Å². The van der Waals surface area contributed by atoms with Crippen molar-refractivity contribution in [2.75, 3.05) is 39.6 Å². The summed E-state index contributed by atoms with van der Waals surface area (Å²) in [7, 11) is 0. The molecule has 4 saturated carbocycles. The zero-order valence-electron chi connectivity index (χ0n) is 36.7. The minimum absolute atomic E-state index is 0. The van der Waals surface area contributed by atoms with Crippen LogP contribution < -0.4 is 0 Å². The van der Waals surface area contributed by atoms with Gasteiger partial charge in [-0.15, -0.1) is 0 Å². The molecule has 0 aromatic heterocycles. The van der Waals surface area contributed by atoms with Crippen LogP contribution in [0.2, 0.25) is 0 Å². The highest BCUT2D eigenvalue weighted by atomic mass is 16.7. The van der Waals surface area contributed by atoms with Crippen LogP contribution in [0.3, 0.4) is 0 Å². The van der Waals surface area contributed by atoms with E-state index in [0.717, 1.165) is 25.7 Å². The van der Waals surface area contributed by atoms with E-state index in [-0.39, 0.29) is 169 Å². The smallest absolute Gasteiger partial charge is 0.317 e. The Bertz CT molecular complexity index is 1750. The first-order chi connectivity index (χ1) is 30.0. The third-order valence-corrected chi connectivity index (χ3v) is 16.0. The molecule has 8 rings (SSSR count). The average molecular weight is 1020 g/mol. The average Bonchev–Trinajstić information content (AvgIpc) is 4.13. The fraction of sp³-hybridized carbons (Fsp3) is 0.833. The van der Waals surface area contributed by atoms with E-state index in [1.165, 1.54) is 0 Å². The molecule has 17 heteroatoms. The number of esters is 6. The van der Waals surface area contributed by atoms with Gasteiger partial charge in [0.05, 0.1) is 86.8 Å². The first-order valence-corrected chi connectivity index (χ1v) is 23.0. The number of aliphatic hydroxyl groups is 1. The number of aliphatic hydroxyl groups excluding tert-OH is 1. The summed E-state index contributed by atoms with van der Waals surface area (Å²) in [4.78, 5) is 86.3. The minimum atomic E-state index is -0.785. The van der Waals surface area contributed by atoms with Gasteiger partial charge in [0.2, 0.25) is 0 Å². The molecule has 0 aromatic carbocycles.